The molecule has 2 N–H and O–H groups in total. The Morgan fingerprint density at radius 3 is 2.41 bits per heavy atom. The molecule has 11 nitrogen and oxygen atoms in total. The maximum absolute atomic E-state index is 14.0. The number of ketones is 1. The van der Waals surface area contributed by atoms with Crippen LogP contribution in [-0.4, -0.2) is 76.7 Å². The third-order valence-electron chi connectivity index (χ3n) is 8.20. The van der Waals surface area contributed by atoms with Crippen LogP contribution in [0.5, 0.6) is 11.5 Å². The Kier molecular flexibility index (Phi) is 8.82. The average molecular weight is 641 g/mol. The number of aromatic nitrogens is 1. The first-order valence-corrected chi connectivity index (χ1v) is 16.4. The fourth-order valence-electron chi connectivity index (χ4n) is 6.10. The molecule has 2 saturated heterocycles. The Morgan fingerprint density at radius 2 is 1.70 bits per heavy atom. The van der Waals surface area contributed by atoms with Gasteiger partial charge in [-0.1, -0.05) is 60.7 Å². The molecule has 46 heavy (non-hydrogen) atoms. The SMILES string of the molecule is O=C(NC(Cc1cccc(O)c1)C(=O)N1CCC2C1C(=O)CN2S(=O)(=O)Cc1cccnc1)Oc1ccc(-c2ccccc2)cc1. The number of phenolic OH excluding ortho intramolecular Hbond substituents is 1. The van der Waals surface area contributed by atoms with Crippen LogP contribution >= 0.6 is 0 Å². The molecule has 6 rings (SSSR count). The molecule has 12 heteroatoms. The number of hydrogen-bond acceptors (Lipinski definition) is 8. The number of rotatable bonds is 9. The van der Waals surface area contributed by atoms with Gasteiger partial charge >= 0.3 is 6.09 Å². The lowest BCUT2D eigenvalue weighted by molar-refractivity contribution is -0.138. The zero-order valence-corrected chi connectivity index (χ0v) is 25.5. The summed E-state index contributed by atoms with van der Waals surface area (Å²) in [5, 5.41) is 12.6. The number of phenols is 1. The van der Waals surface area contributed by atoms with Crippen LogP contribution in [0.3, 0.4) is 0 Å². The summed E-state index contributed by atoms with van der Waals surface area (Å²) in [6.07, 6.45) is 2.41. The number of Topliss-reactive ketones (excluding diaryl/α,β-unsaturated/α-hetero) is 1. The zero-order valence-electron chi connectivity index (χ0n) is 24.7. The van der Waals surface area contributed by atoms with Gasteiger partial charge in [0.05, 0.1) is 18.3 Å². The minimum absolute atomic E-state index is 0.000373. The second-order valence-corrected chi connectivity index (χ2v) is 13.2. The van der Waals surface area contributed by atoms with Crippen LogP contribution < -0.4 is 10.1 Å². The molecule has 0 saturated carbocycles. The molecule has 0 spiro atoms. The van der Waals surface area contributed by atoms with E-state index in [1.807, 2.05) is 42.5 Å². The maximum atomic E-state index is 14.0. The van der Waals surface area contributed by atoms with Crippen molar-refractivity contribution in [2.45, 2.75) is 36.7 Å². The van der Waals surface area contributed by atoms with E-state index in [1.54, 1.807) is 42.6 Å². The number of amides is 2. The van der Waals surface area contributed by atoms with Crippen LogP contribution in [0.2, 0.25) is 0 Å². The van der Waals surface area contributed by atoms with Gasteiger partial charge in [0.2, 0.25) is 15.9 Å². The van der Waals surface area contributed by atoms with Gasteiger partial charge in [0.15, 0.2) is 5.78 Å². The van der Waals surface area contributed by atoms with Crippen LogP contribution in [0.15, 0.2) is 103 Å². The van der Waals surface area contributed by atoms with E-state index >= 15 is 0 Å². The predicted molar refractivity (Wildman–Crippen MR) is 169 cm³/mol. The normalized spacial score (nSPS) is 18.6. The lowest BCUT2D eigenvalue weighted by atomic mass is 10.0. The number of nitrogens with zero attached hydrogens (tertiary/aromatic N) is 3. The fraction of sp³-hybridized carbons (Fsp3) is 0.235. The number of sulfonamides is 1. The van der Waals surface area contributed by atoms with Gasteiger partial charge in [0.1, 0.15) is 23.6 Å². The molecule has 2 aliphatic rings. The summed E-state index contributed by atoms with van der Waals surface area (Å²) in [5.74, 6) is -0.991. The van der Waals surface area contributed by atoms with E-state index in [-0.39, 0.29) is 49.0 Å². The van der Waals surface area contributed by atoms with Crippen LogP contribution in [0.1, 0.15) is 17.5 Å². The van der Waals surface area contributed by atoms with Crippen molar-refractivity contribution in [3.05, 3.63) is 115 Å². The lowest BCUT2D eigenvalue weighted by Crippen LogP contribution is -2.53. The highest BCUT2D eigenvalue weighted by Gasteiger charge is 2.54. The molecule has 236 valence electrons. The van der Waals surface area contributed by atoms with E-state index in [0.717, 1.165) is 11.1 Å². The van der Waals surface area contributed by atoms with Gasteiger partial charge in [-0.25, -0.2) is 13.2 Å². The van der Waals surface area contributed by atoms with Gasteiger partial charge < -0.3 is 20.1 Å². The molecule has 1 aromatic heterocycles. The number of benzene rings is 3. The Balaban J connectivity index is 1.18. The number of ether oxygens (including phenoxy) is 1. The summed E-state index contributed by atoms with van der Waals surface area (Å²) in [6.45, 7) is -0.208. The molecule has 3 aromatic carbocycles. The number of nitrogens with one attached hydrogen (secondary N) is 1. The molecule has 2 amide bonds. The molecule has 0 radical (unpaired) electrons. The van der Waals surface area contributed by atoms with E-state index in [4.69, 9.17) is 4.74 Å². The summed E-state index contributed by atoms with van der Waals surface area (Å²) in [7, 11) is -3.88. The van der Waals surface area contributed by atoms with E-state index in [0.29, 0.717) is 11.1 Å². The first kappa shape index (κ1) is 30.9. The Morgan fingerprint density at radius 1 is 0.957 bits per heavy atom. The van der Waals surface area contributed by atoms with Crippen molar-refractivity contribution in [2.24, 2.45) is 0 Å². The van der Waals surface area contributed by atoms with Crippen LogP contribution in [0, 0.1) is 0 Å². The van der Waals surface area contributed by atoms with Crippen molar-refractivity contribution in [3.63, 3.8) is 0 Å². The molecule has 3 heterocycles. The number of aromatic hydroxyl groups is 1. The standard InChI is InChI=1S/C34H32N4O7S/c39-27-10-4-6-23(18-27)19-29(36-34(42)45-28-13-11-26(12-14-28)25-8-2-1-3-9-25)33(41)37-17-15-30-32(37)31(40)21-38(30)46(43,44)22-24-7-5-16-35-20-24/h1-14,16,18,20,29-30,32,39H,15,17,19,21-22H2,(H,36,42). The maximum Gasteiger partial charge on any atom is 0.413 e. The van der Waals surface area contributed by atoms with E-state index in [2.05, 4.69) is 10.3 Å². The minimum atomic E-state index is -3.88. The highest BCUT2D eigenvalue weighted by Crippen LogP contribution is 2.33. The molecule has 4 aromatic rings. The molecular weight excluding hydrogens is 608 g/mol. The van der Waals surface area contributed by atoms with E-state index in [1.165, 1.54) is 27.5 Å². The Labute approximate surface area is 266 Å². The monoisotopic (exact) mass is 640 g/mol. The van der Waals surface area contributed by atoms with Gasteiger partial charge in [0, 0.05) is 25.4 Å². The number of likely N-dealkylation sites (tertiary alicyclic amines) is 1. The van der Waals surface area contributed by atoms with Crippen molar-refractivity contribution in [1.82, 2.24) is 19.5 Å². The van der Waals surface area contributed by atoms with Gasteiger partial charge in [0.25, 0.3) is 0 Å². The van der Waals surface area contributed by atoms with Crippen molar-refractivity contribution in [2.75, 3.05) is 13.1 Å². The average Bonchev–Trinajstić information content (AvgIpc) is 3.63. The first-order valence-electron chi connectivity index (χ1n) is 14.8. The summed E-state index contributed by atoms with van der Waals surface area (Å²) in [6, 6.07) is 23.4. The number of hydrogen-bond donors (Lipinski definition) is 2. The van der Waals surface area contributed by atoms with Gasteiger partial charge in [-0.15, -0.1) is 0 Å². The van der Waals surface area contributed by atoms with Gasteiger partial charge in [-0.05, 0) is 59.0 Å². The minimum Gasteiger partial charge on any atom is -0.508 e. The number of carbonyl (C=O) groups is 3. The first-order chi connectivity index (χ1) is 22.2. The number of fused-ring (bicyclic) bond motifs is 1. The van der Waals surface area contributed by atoms with Crippen LogP contribution in [0.4, 0.5) is 4.79 Å². The molecule has 2 aliphatic heterocycles. The lowest BCUT2D eigenvalue weighted by Gasteiger charge is -2.28. The summed E-state index contributed by atoms with van der Waals surface area (Å²) in [5.41, 5.74) is 3.00. The summed E-state index contributed by atoms with van der Waals surface area (Å²) >= 11 is 0. The van der Waals surface area contributed by atoms with Crippen molar-refractivity contribution < 1.29 is 32.6 Å². The molecule has 3 unspecified atom stereocenters. The van der Waals surface area contributed by atoms with Crippen molar-refractivity contribution in [3.8, 4) is 22.6 Å². The molecule has 3 atom stereocenters. The zero-order chi connectivity index (χ0) is 32.3. The number of carbonyl (C=O) groups excluding carboxylic acids is 3. The number of pyridine rings is 1. The molecular formula is C34H32N4O7S. The van der Waals surface area contributed by atoms with Gasteiger partial charge in [-0.2, -0.15) is 4.31 Å². The topological polar surface area (TPSA) is 146 Å². The highest BCUT2D eigenvalue weighted by molar-refractivity contribution is 7.88. The second kappa shape index (κ2) is 13.1. The molecule has 0 aliphatic carbocycles. The van der Waals surface area contributed by atoms with Crippen molar-refractivity contribution >= 4 is 27.8 Å². The fourth-order valence-corrected chi connectivity index (χ4v) is 7.82. The Hall–Kier alpha value is -5.07. The van der Waals surface area contributed by atoms with E-state index < -0.39 is 40.1 Å². The van der Waals surface area contributed by atoms with Crippen LogP contribution in [0.25, 0.3) is 11.1 Å². The highest BCUT2D eigenvalue weighted by atomic mass is 32.2. The molecule has 2 fully saturated rings. The Bertz CT molecular complexity index is 1840. The summed E-state index contributed by atoms with van der Waals surface area (Å²) < 4.78 is 33.4. The van der Waals surface area contributed by atoms with E-state index in [9.17, 15) is 27.9 Å². The largest absolute Gasteiger partial charge is 0.508 e. The predicted octanol–water partition coefficient (Wildman–Crippen LogP) is 3.54. The third-order valence-corrected chi connectivity index (χ3v) is 10.0. The van der Waals surface area contributed by atoms with Crippen molar-refractivity contribution in [1.29, 1.82) is 0 Å². The quantitative estimate of drug-likeness (QED) is 0.283. The third kappa shape index (κ3) is 6.77. The van der Waals surface area contributed by atoms with Crippen LogP contribution in [-0.2, 0) is 31.8 Å². The summed E-state index contributed by atoms with van der Waals surface area (Å²) in [4.78, 5) is 45.7. The smallest absolute Gasteiger partial charge is 0.413 e. The second-order valence-electron chi connectivity index (χ2n) is 11.3. The van der Waals surface area contributed by atoms with Gasteiger partial charge in [-0.3, -0.25) is 14.6 Å². The molecule has 0 bridgehead atoms.